The molecule has 0 saturated carbocycles. The molecule has 4 heterocycles. The Morgan fingerprint density at radius 2 is 2.25 bits per heavy atom. The van der Waals surface area contributed by atoms with Gasteiger partial charge in [-0.2, -0.15) is 5.26 Å². The third kappa shape index (κ3) is 4.22. The van der Waals surface area contributed by atoms with Gasteiger partial charge in [0.15, 0.2) is 5.13 Å². The lowest BCUT2D eigenvalue weighted by Crippen LogP contribution is -2.23. The van der Waals surface area contributed by atoms with Crippen molar-refractivity contribution in [1.29, 1.82) is 5.26 Å². The van der Waals surface area contributed by atoms with Crippen molar-refractivity contribution in [3.8, 4) is 6.07 Å². The molecule has 28 heavy (non-hydrogen) atoms. The standard InChI is InChI=1S/C20H21N5O2S/c1-26-13-15-8-7-14(27-15)12-25-9-3-5-18(25)17-4-2-6-19(23-17)24-20-22-11-16(10-21)28-20/h2,4,6-8,11,18H,3,5,9,12-13H2,1H3,(H,22,23,24). The van der Waals surface area contributed by atoms with Gasteiger partial charge in [0.1, 0.15) is 34.9 Å². The van der Waals surface area contributed by atoms with E-state index >= 15 is 0 Å². The Kier molecular flexibility index (Phi) is 5.67. The lowest BCUT2D eigenvalue weighted by Gasteiger charge is -2.23. The topological polar surface area (TPSA) is 87.2 Å². The van der Waals surface area contributed by atoms with Gasteiger partial charge in [0, 0.05) is 7.11 Å². The van der Waals surface area contributed by atoms with Crippen molar-refractivity contribution in [3.05, 3.63) is 58.6 Å². The highest BCUT2D eigenvalue weighted by Gasteiger charge is 2.28. The first kappa shape index (κ1) is 18.6. The number of pyridine rings is 1. The van der Waals surface area contributed by atoms with Crippen LogP contribution in [-0.4, -0.2) is 28.5 Å². The van der Waals surface area contributed by atoms with E-state index in [0.29, 0.717) is 16.6 Å². The molecule has 0 spiro atoms. The van der Waals surface area contributed by atoms with Crippen LogP contribution in [0.5, 0.6) is 0 Å². The number of hydrogen-bond acceptors (Lipinski definition) is 8. The van der Waals surface area contributed by atoms with Gasteiger partial charge in [-0.25, -0.2) is 9.97 Å². The molecule has 144 valence electrons. The molecule has 0 bridgehead atoms. The van der Waals surface area contributed by atoms with Crippen LogP contribution in [0.25, 0.3) is 0 Å². The predicted molar refractivity (Wildman–Crippen MR) is 106 cm³/mol. The maximum Gasteiger partial charge on any atom is 0.189 e. The first-order chi connectivity index (χ1) is 13.7. The number of furan rings is 1. The van der Waals surface area contributed by atoms with Crippen molar-refractivity contribution in [2.45, 2.75) is 32.0 Å². The van der Waals surface area contributed by atoms with Crippen LogP contribution in [0, 0.1) is 11.3 Å². The molecule has 1 atom stereocenters. The molecule has 3 aromatic rings. The van der Waals surface area contributed by atoms with E-state index in [-0.39, 0.29) is 6.04 Å². The van der Waals surface area contributed by atoms with E-state index in [4.69, 9.17) is 19.4 Å². The molecule has 1 saturated heterocycles. The maximum absolute atomic E-state index is 8.94. The molecule has 8 heteroatoms. The van der Waals surface area contributed by atoms with Crippen LogP contribution in [0.1, 0.15) is 41.0 Å². The molecule has 0 aliphatic carbocycles. The summed E-state index contributed by atoms with van der Waals surface area (Å²) in [5, 5.41) is 12.8. The number of anilines is 2. The summed E-state index contributed by atoms with van der Waals surface area (Å²) in [7, 11) is 1.66. The monoisotopic (exact) mass is 395 g/mol. The van der Waals surface area contributed by atoms with E-state index < -0.39 is 0 Å². The van der Waals surface area contributed by atoms with Crippen LogP contribution in [0.3, 0.4) is 0 Å². The number of nitrogens with one attached hydrogen (secondary N) is 1. The fraction of sp³-hybridized carbons (Fsp3) is 0.350. The van der Waals surface area contributed by atoms with Crippen molar-refractivity contribution in [3.63, 3.8) is 0 Å². The molecular formula is C20H21N5O2S. The van der Waals surface area contributed by atoms with E-state index in [2.05, 4.69) is 27.3 Å². The van der Waals surface area contributed by atoms with Gasteiger partial charge in [-0.05, 0) is 43.7 Å². The smallest absolute Gasteiger partial charge is 0.189 e. The van der Waals surface area contributed by atoms with Crippen LogP contribution >= 0.6 is 11.3 Å². The van der Waals surface area contributed by atoms with Crippen molar-refractivity contribution < 1.29 is 9.15 Å². The van der Waals surface area contributed by atoms with Crippen molar-refractivity contribution in [2.24, 2.45) is 0 Å². The van der Waals surface area contributed by atoms with Gasteiger partial charge in [-0.1, -0.05) is 17.4 Å². The van der Waals surface area contributed by atoms with Gasteiger partial charge in [0.05, 0.1) is 24.5 Å². The largest absolute Gasteiger partial charge is 0.462 e. The Labute approximate surface area is 167 Å². The van der Waals surface area contributed by atoms with E-state index in [1.165, 1.54) is 11.3 Å². The molecule has 1 aliphatic rings. The second-order valence-electron chi connectivity index (χ2n) is 6.64. The molecule has 3 aromatic heterocycles. The molecule has 1 unspecified atom stereocenters. The summed E-state index contributed by atoms with van der Waals surface area (Å²) < 4.78 is 11.0. The zero-order valence-corrected chi connectivity index (χ0v) is 16.4. The number of rotatable bonds is 7. The van der Waals surface area contributed by atoms with Crippen molar-refractivity contribution in [1.82, 2.24) is 14.9 Å². The van der Waals surface area contributed by atoms with Gasteiger partial charge in [0.25, 0.3) is 0 Å². The van der Waals surface area contributed by atoms with Gasteiger partial charge in [-0.15, -0.1) is 0 Å². The molecule has 7 nitrogen and oxygen atoms in total. The zero-order valence-electron chi connectivity index (χ0n) is 15.6. The second-order valence-corrected chi connectivity index (χ2v) is 7.67. The summed E-state index contributed by atoms with van der Waals surface area (Å²) in [6, 6.07) is 12.3. The lowest BCUT2D eigenvalue weighted by molar-refractivity contribution is 0.158. The maximum atomic E-state index is 8.94. The number of nitrogens with zero attached hydrogens (tertiary/aromatic N) is 4. The van der Waals surface area contributed by atoms with E-state index in [9.17, 15) is 0 Å². The summed E-state index contributed by atoms with van der Waals surface area (Å²) in [4.78, 5) is 12.0. The van der Waals surface area contributed by atoms with E-state index in [0.717, 1.165) is 49.0 Å². The molecular weight excluding hydrogens is 374 g/mol. The quantitative estimate of drug-likeness (QED) is 0.640. The normalized spacial score (nSPS) is 16.9. The predicted octanol–water partition coefficient (Wildman–Crippen LogP) is 4.23. The third-order valence-electron chi connectivity index (χ3n) is 4.69. The summed E-state index contributed by atoms with van der Waals surface area (Å²) in [6.45, 7) is 2.26. The highest BCUT2D eigenvalue weighted by Crippen LogP contribution is 2.33. The van der Waals surface area contributed by atoms with Gasteiger partial charge < -0.3 is 14.5 Å². The Balaban J connectivity index is 1.46. The Morgan fingerprint density at radius 1 is 1.36 bits per heavy atom. The third-order valence-corrected chi connectivity index (χ3v) is 5.51. The Bertz CT molecular complexity index is 977. The van der Waals surface area contributed by atoms with Gasteiger partial charge >= 0.3 is 0 Å². The number of likely N-dealkylation sites (tertiary alicyclic amines) is 1. The molecule has 0 aromatic carbocycles. The van der Waals surface area contributed by atoms with Crippen LogP contribution < -0.4 is 5.32 Å². The fourth-order valence-corrected chi connectivity index (χ4v) is 4.10. The summed E-state index contributed by atoms with van der Waals surface area (Å²) in [5.74, 6) is 2.53. The zero-order chi connectivity index (χ0) is 19.3. The number of thiazole rings is 1. The Morgan fingerprint density at radius 3 is 3.07 bits per heavy atom. The first-order valence-corrected chi connectivity index (χ1v) is 9.97. The summed E-state index contributed by atoms with van der Waals surface area (Å²) in [5.41, 5.74) is 1.03. The van der Waals surface area contributed by atoms with Crippen molar-refractivity contribution >= 4 is 22.3 Å². The van der Waals surface area contributed by atoms with Crippen LogP contribution in [0.15, 0.2) is 40.9 Å². The molecule has 4 rings (SSSR count). The van der Waals surface area contributed by atoms with E-state index in [1.54, 1.807) is 13.3 Å². The summed E-state index contributed by atoms with van der Waals surface area (Å²) >= 11 is 1.32. The minimum Gasteiger partial charge on any atom is -0.462 e. The fourth-order valence-electron chi connectivity index (χ4n) is 3.48. The number of methoxy groups -OCH3 is 1. The lowest BCUT2D eigenvalue weighted by atomic mass is 10.1. The minimum atomic E-state index is 0.253. The molecule has 1 aliphatic heterocycles. The average molecular weight is 395 g/mol. The molecule has 1 fully saturated rings. The highest BCUT2D eigenvalue weighted by molar-refractivity contribution is 7.16. The highest BCUT2D eigenvalue weighted by atomic mass is 32.1. The van der Waals surface area contributed by atoms with Gasteiger partial charge in [0.2, 0.25) is 0 Å². The number of aromatic nitrogens is 2. The van der Waals surface area contributed by atoms with E-state index in [1.807, 2.05) is 24.3 Å². The van der Waals surface area contributed by atoms with Gasteiger partial charge in [-0.3, -0.25) is 4.90 Å². The minimum absolute atomic E-state index is 0.253. The number of hydrogen-bond donors (Lipinski definition) is 1. The average Bonchev–Trinajstić information content (AvgIpc) is 3.44. The molecule has 0 radical (unpaired) electrons. The summed E-state index contributed by atoms with van der Waals surface area (Å²) in [6.07, 6.45) is 3.77. The Hall–Kier alpha value is -2.73. The molecule has 1 N–H and O–H groups in total. The SMILES string of the molecule is COCc1ccc(CN2CCCC2c2cccc(Nc3ncc(C#N)s3)n2)o1. The van der Waals surface area contributed by atoms with Crippen LogP contribution in [0.4, 0.5) is 10.9 Å². The van der Waals surface area contributed by atoms with Crippen LogP contribution in [0.2, 0.25) is 0 Å². The van der Waals surface area contributed by atoms with Crippen molar-refractivity contribution in [2.75, 3.05) is 19.0 Å². The molecule has 0 amide bonds. The number of nitriles is 1. The van der Waals surface area contributed by atoms with Crippen LogP contribution in [-0.2, 0) is 17.9 Å². The second kappa shape index (κ2) is 8.52. The first-order valence-electron chi connectivity index (χ1n) is 9.15. The number of ether oxygens (including phenoxy) is 1.